The van der Waals surface area contributed by atoms with Crippen LogP contribution in [0.15, 0.2) is 48.5 Å². The molecule has 28 heavy (non-hydrogen) atoms. The number of pyridine rings is 1. The zero-order valence-electron chi connectivity index (χ0n) is 16.4. The SMILES string of the molecule is O=C(CN1CCOCC1)N1CCCC(c2cccc(Cc3ccccc3)n2)C1. The topological polar surface area (TPSA) is 45.7 Å². The van der Waals surface area contributed by atoms with Crippen molar-refractivity contribution >= 4 is 5.91 Å². The number of rotatable bonds is 5. The molecule has 0 N–H and O–H groups in total. The number of benzene rings is 1. The smallest absolute Gasteiger partial charge is 0.236 e. The summed E-state index contributed by atoms with van der Waals surface area (Å²) in [6.07, 6.45) is 2.99. The quantitative estimate of drug-likeness (QED) is 0.801. The van der Waals surface area contributed by atoms with E-state index in [9.17, 15) is 4.79 Å². The van der Waals surface area contributed by atoms with E-state index in [1.807, 2.05) is 11.0 Å². The van der Waals surface area contributed by atoms with Crippen LogP contribution in [0.4, 0.5) is 0 Å². The van der Waals surface area contributed by atoms with Gasteiger partial charge in [-0.05, 0) is 30.5 Å². The van der Waals surface area contributed by atoms with Gasteiger partial charge in [-0.1, -0.05) is 36.4 Å². The number of carbonyl (C=O) groups excluding carboxylic acids is 1. The average molecular weight is 380 g/mol. The zero-order valence-corrected chi connectivity index (χ0v) is 16.4. The maximum atomic E-state index is 12.8. The van der Waals surface area contributed by atoms with Gasteiger partial charge < -0.3 is 9.64 Å². The zero-order chi connectivity index (χ0) is 19.2. The molecule has 1 aromatic carbocycles. The molecule has 3 heterocycles. The van der Waals surface area contributed by atoms with Crippen LogP contribution in [-0.4, -0.2) is 66.6 Å². The predicted molar refractivity (Wildman–Crippen MR) is 109 cm³/mol. The molecule has 2 aliphatic rings. The molecular formula is C23H29N3O2. The molecule has 1 atom stereocenters. The van der Waals surface area contributed by atoms with Crippen molar-refractivity contribution in [1.82, 2.24) is 14.8 Å². The van der Waals surface area contributed by atoms with Crippen molar-refractivity contribution in [2.24, 2.45) is 0 Å². The van der Waals surface area contributed by atoms with Gasteiger partial charge in [0.1, 0.15) is 0 Å². The van der Waals surface area contributed by atoms with Crippen LogP contribution in [0.5, 0.6) is 0 Å². The van der Waals surface area contributed by atoms with Gasteiger partial charge in [-0.2, -0.15) is 0 Å². The average Bonchev–Trinajstić information content (AvgIpc) is 2.75. The van der Waals surface area contributed by atoms with E-state index in [0.717, 1.165) is 70.0 Å². The highest BCUT2D eigenvalue weighted by atomic mass is 16.5. The van der Waals surface area contributed by atoms with Crippen molar-refractivity contribution in [3.63, 3.8) is 0 Å². The Morgan fingerprint density at radius 3 is 2.68 bits per heavy atom. The van der Waals surface area contributed by atoms with E-state index in [2.05, 4.69) is 47.4 Å². The highest BCUT2D eigenvalue weighted by molar-refractivity contribution is 5.78. The predicted octanol–water partition coefficient (Wildman–Crippen LogP) is 2.71. The summed E-state index contributed by atoms with van der Waals surface area (Å²) in [5, 5.41) is 0. The summed E-state index contributed by atoms with van der Waals surface area (Å²) < 4.78 is 5.38. The Morgan fingerprint density at radius 2 is 1.86 bits per heavy atom. The number of carbonyl (C=O) groups is 1. The molecule has 2 aromatic rings. The molecule has 1 amide bonds. The van der Waals surface area contributed by atoms with Crippen LogP contribution in [0.25, 0.3) is 0 Å². The number of ether oxygens (including phenoxy) is 1. The molecule has 0 aliphatic carbocycles. The Labute approximate surface area is 167 Å². The third-order valence-electron chi connectivity index (χ3n) is 5.71. The van der Waals surface area contributed by atoms with Crippen molar-refractivity contribution in [2.75, 3.05) is 45.9 Å². The van der Waals surface area contributed by atoms with E-state index in [1.54, 1.807) is 0 Å². The second-order valence-corrected chi connectivity index (χ2v) is 7.78. The lowest BCUT2D eigenvalue weighted by atomic mass is 9.93. The van der Waals surface area contributed by atoms with E-state index in [1.165, 1.54) is 5.56 Å². The summed E-state index contributed by atoms with van der Waals surface area (Å²) in [4.78, 5) is 22.0. The van der Waals surface area contributed by atoms with E-state index in [4.69, 9.17) is 9.72 Å². The van der Waals surface area contributed by atoms with Crippen molar-refractivity contribution < 1.29 is 9.53 Å². The van der Waals surface area contributed by atoms with E-state index >= 15 is 0 Å². The highest BCUT2D eigenvalue weighted by Gasteiger charge is 2.27. The van der Waals surface area contributed by atoms with Crippen molar-refractivity contribution in [1.29, 1.82) is 0 Å². The number of hydrogen-bond donors (Lipinski definition) is 0. The summed E-state index contributed by atoms with van der Waals surface area (Å²) >= 11 is 0. The third-order valence-corrected chi connectivity index (χ3v) is 5.71. The monoisotopic (exact) mass is 379 g/mol. The second-order valence-electron chi connectivity index (χ2n) is 7.78. The van der Waals surface area contributed by atoms with Gasteiger partial charge in [-0.15, -0.1) is 0 Å². The Hall–Kier alpha value is -2.24. The molecule has 2 saturated heterocycles. The first-order valence-electron chi connectivity index (χ1n) is 10.4. The van der Waals surface area contributed by atoms with Crippen molar-refractivity contribution in [2.45, 2.75) is 25.2 Å². The maximum Gasteiger partial charge on any atom is 0.236 e. The molecule has 1 aromatic heterocycles. The molecule has 0 saturated carbocycles. The van der Waals surface area contributed by atoms with Crippen LogP contribution in [0, 0.1) is 0 Å². The maximum absolute atomic E-state index is 12.8. The van der Waals surface area contributed by atoms with Gasteiger partial charge in [-0.25, -0.2) is 0 Å². The first-order chi connectivity index (χ1) is 13.8. The molecule has 0 radical (unpaired) electrons. The molecule has 0 bridgehead atoms. The van der Waals surface area contributed by atoms with Gasteiger partial charge in [0.15, 0.2) is 0 Å². The molecule has 5 heteroatoms. The van der Waals surface area contributed by atoms with Crippen LogP contribution in [0.3, 0.4) is 0 Å². The van der Waals surface area contributed by atoms with Gasteiger partial charge >= 0.3 is 0 Å². The van der Waals surface area contributed by atoms with Crippen LogP contribution in [0.1, 0.15) is 35.7 Å². The minimum Gasteiger partial charge on any atom is -0.379 e. The van der Waals surface area contributed by atoms with E-state index in [0.29, 0.717) is 12.5 Å². The van der Waals surface area contributed by atoms with Gasteiger partial charge in [-0.3, -0.25) is 14.7 Å². The van der Waals surface area contributed by atoms with Crippen LogP contribution in [0.2, 0.25) is 0 Å². The third kappa shape index (κ3) is 4.97. The number of piperidine rings is 1. The first-order valence-corrected chi connectivity index (χ1v) is 10.4. The van der Waals surface area contributed by atoms with Gasteiger partial charge in [0.05, 0.1) is 19.8 Å². The Morgan fingerprint density at radius 1 is 1.04 bits per heavy atom. The summed E-state index contributed by atoms with van der Waals surface area (Å²) in [5.74, 6) is 0.574. The normalized spacial score (nSPS) is 20.9. The number of nitrogens with zero attached hydrogens (tertiary/aromatic N) is 3. The Kier molecular flexibility index (Phi) is 6.34. The molecular weight excluding hydrogens is 350 g/mol. The number of likely N-dealkylation sites (tertiary alicyclic amines) is 1. The van der Waals surface area contributed by atoms with E-state index in [-0.39, 0.29) is 5.91 Å². The fraction of sp³-hybridized carbons (Fsp3) is 0.478. The summed E-state index contributed by atoms with van der Waals surface area (Å²) in [5.41, 5.74) is 3.50. The molecule has 148 valence electrons. The Bertz CT molecular complexity index is 774. The summed E-state index contributed by atoms with van der Waals surface area (Å²) in [6, 6.07) is 16.8. The molecule has 5 nitrogen and oxygen atoms in total. The van der Waals surface area contributed by atoms with Gasteiger partial charge in [0, 0.05) is 49.9 Å². The standard InChI is InChI=1S/C23H29N3O2/c27-23(18-25-12-14-28-15-13-25)26-11-5-8-20(17-26)22-10-4-9-21(24-22)16-19-6-2-1-3-7-19/h1-4,6-7,9-10,20H,5,8,11-18H2. The molecule has 1 unspecified atom stereocenters. The molecule has 2 aliphatic heterocycles. The summed E-state index contributed by atoms with van der Waals surface area (Å²) in [7, 11) is 0. The number of aromatic nitrogens is 1. The minimum atomic E-state index is 0.243. The fourth-order valence-corrected chi connectivity index (χ4v) is 4.12. The van der Waals surface area contributed by atoms with Crippen molar-refractivity contribution in [3.8, 4) is 0 Å². The lowest BCUT2D eigenvalue weighted by molar-refractivity contribution is -0.134. The van der Waals surface area contributed by atoms with Crippen LogP contribution >= 0.6 is 0 Å². The van der Waals surface area contributed by atoms with Crippen LogP contribution in [-0.2, 0) is 16.0 Å². The minimum absolute atomic E-state index is 0.243. The highest BCUT2D eigenvalue weighted by Crippen LogP contribution is 2.26. The van der Waals surface area contributed by atoms with E-state index < -0.39 is 0 Å². The van der Waals surface area contributed by atoms with Gasteiger partial charge in [0.25, 0.3) is 0 Å². The molecule has 0 spiro atoms. The van der Waals surface area contributed by atoms with Crippen LogP contribution < -0.4 is 0 Å². The fourth-order valence-electron chi connectivity index (χ4n) is 4.12. The van der Waals surface area contributed by atoms with Crippen molar-refractivity contribution in [3.05, 3.63) is 65.5 Å². The number of amides is 1. The largest absolute Gasteiger partial charge is 0.379 e. The first kappa shape index (κ1) is 19.1. The number of morpholine rings is 1. The molecule has 4 rings (SSSR count). The second kappa shape index (κ2) is 9.30. The Balaban J connectivity index is 1.38. The lowest BCUT2D eigenvalue weighted by Crippen LogP contribution is -2.47. The summed E-state index contributed by atoms with van der Waals surface area (Å²) in [6.45, 7) is 5.33. The lowest BCUT2D eigenvalue weighted by Gasteiger charge is -2.35. The van der Waals surface area contributed by atoms with Gasteiger partial charge in [0.2, 0.25) is 5.91 Å². The number of hydrogen-bond acceptors (Lipinski definition) is 4. The molecule has 2 fully saturated rings.